The normalized spacial score (nSPS) is 18.8. The molecule has 6 nitrogen and oxygen atoms in total. The molecule has 0 aliphatic carbocycles. The molecule has 1 N–H and O–H groups in total. The van der Waals surface area contributed by atoms with Gasteiger partial charge in [-0.25, -0.2) is 4.98 Å². The minimum Gasteiger partial charge on any atom is -0.381 e. The van der Waals surface area contributed by atoms with Crippen LogP contribution in [0.4, 0.5) is 5.13 Å². The summed E-state index contributed by atoms with van der Waals surface area (Å²) in [5, 5.41) is 6.54. The van der Waals surface area contributed by atoms with Crippen molar-refractivity contribution in [3.63, 3.8) is 0 Å². The van der Waals surface area contributed by atoms with Crippen LogP contribution >= 0.6 is 11.3 Å². The molecule has 22 heavy (non-hydrogen) atoms. The molecule has 1 unspecified atom stereocenters. The largest absolute Gasteiger partial charge is 0.381 e. The van der Waals surface area contributed by atoms with E-state index in [1.807, 2.05) is 33.0 Å². The van der Waals surface area contributed by atoms with Crippen LogP contribution in [0.1, 0.15) is 19.0 Å². The van der Waals surface area contributed by atoms with E-state index in [0.29, 0.717) is 12.5 Å². The van der Waals surface area contributed by atoms with Crippen LogP contribution in [0.5, 0.6) is 0 Å². The highest BCUT2D eigenvalue weighted by molar-refractivity contribution is 7.13. The topological polar surface area (TPSA) is 53.0 Å². The summed E-state index contributed by atoms with van der Waals surface area (Å²) < 4.78 is 5.53. The number of hydrogen-bond acceptors (Lipinski definition) is 5. The summed E-state index contributed by atoms with van der Waals surface area (Å²) in [5.74, 6) is 1.57. The number of rotatable bonds is 6. The third-order valence-corrected chi connectivity index (χ3v) is 4.76. The molecular formula is C15H27N5OS. The molecule has 7 heteroatoms. The molecule has 1 aliphatic rings. The van der Waals surface area contributed by atoms with E-state index in [0.717, 1.165) is 43.1 Å². The van der Waals surface area contributed by atoms with E-state index in [1.165, 1.54) is 6.42 Å². The second kappa shape index (κ2) is 8.33. The van der Waals surface area contributed by atoms with E-state index in [1.54, 1.807) is 11.3 Å². The highest BCUT2D eigenvalue weighted by atomic mass is 32.1. The van der Waals surface area contributed by atoms with Crippen LogP contribution in [0.2, 0.25) is 0 Å². The van der Waals surface area contributed by atoms with Gasteiger partial charge >= 0.3 is 0 Å². The van der Waals surface area contributed by atoms with Gasteiger partial charge in [0.1, 0.15) is 0 Å². The molecule has 1 aromatic rings. The van der Waals surface area contributed by atoms with Crippen LogP contribution in [0.25, 0.3) is 0 Å². The summed E-state index contributed by atoms with van der Waals surface area (Å²) >= 11 is 1.66. The minimum absolute atomic E-state index is 0.609. The van der Waals surface area contributed by atoms with Crippen LogP contribution in [0.15, 0.2) is 10.4 Å². The van der Waals surface area contributed by atoms with E-state index >= 15 is 0 Å². The smallest absolute Gasteiger partial charge is 0.193 e. The average molecular weight is 325 g/mol. The van der Waals surface area contributed by atoms with Crippen LogP contribution in [-0.2, 0) is 11.3 Å². The fraction of sp³-hybridized carbons (Fsp3) is 0.733. The Labute approximate surface area is 137 Å². The second-order valence-electron chi connectivity index (χ2n) is 5.68. The standard InChI is InChI=1S/C15H27N5OS/c1-5-21-10-12-6-7-20(9-12)14(16-2)17-8-13-11-22-15(18-13)19(3)4/h11-12H,5-10H2,1-4H3,(H,16,17). The van der Waals surface area contributed by atoms with Crippen LogP contribution < -0.4 is 10.2 Å². The quantitative estimate of drug-likeness (QED) is 0.636. The zero-order valence-electron chi connectivity index (χ0n) is 14.0. The number of ether oxygens (including phenoxy) is 1. The first-order chi connectivity index (χ1) is 10.6. The van der Waals surface area contributed by atoms with Gasteiger partial charge in [0.2, 0.25) is 0 Å². The molecule has 1 aliphatic heterocycles. The number of nitrogens with zero attached hydrogens (tertiary/aromatic N) is 4. The number of guanidine groups is 1. The maximum atomic E-state index is 5.53. The first-order valence-corrected chi connectivity index (χ1v) is 8.67. The van der Waals surface area contributed by atoms with Crippen molar-refractivity contribution in [1.29, 1.82) is 0 Å². The summed E-state index contributed by atoms with van der Waals surface area (Å²) in [5.41, 5.74) is 1.06. The SMILES string of the molecule is CCOCC1CCN(C(=NC)NCc2csc(N(C)C)n2)C1. The highest BCUT2D eigenvalue weighted by Gasteiger charge is 2.24. The molecule has 0 saturated carbocycles. The molecule has 0 spiro atoms. The first-order valence-electron chi connectivity index (χ1n) is 7.79. The number of nitrogens with one attached hydrogen (secondary N) is 1. The Morgan fingerprint density at radius 2 is 2.41 bits per heavy atom. The lowest BCUT2D eigenvalue weighted by molar-refractivity contribution is 0.114. The lowest BCUT2D eigenvalue weighted by Crippen LogP contribution is -2.39. The predicted octanol–water partition coefficient (Wildman–Crippen LogP) is 1.64. The fourth-order valence-electron chi connectivity index (χ4n) is 2.53. The summed E-state index contributed by atoms with van der Waals surface area (Å²) in [4.78, 5) is 13.3. The average Bonchev–Trinajstić information content (AvgIpc) is 3.15. The molecule has 1 fully saturated rings. The lowest BCUT2D eigenvalue weighted by Gasteiger charge is -2.21. The van der Waals surface area contributed by atoms with Gasteiger partial charge in [0.05, 0.1) is 18.8 Å². The maximum absolute atomic E-state index is 5.53. The van der Waals surface area contributed by atoms with Gasteiger partial charge in [-0.15, -0.1) is 11.3 Å². The fourth-order valence-corrected chi connectivity index (χ4v) is 3.29. The first kappa shape index (κ1) is 17.0. The molecule has 124 valence electrons. The number of anilines is 1. The van der Waals surface area contributed by atoms with Crippen molar-refractivity contribution >= 4 is 22.4 Å². The van der Waals surface area contributed by atoms with Crippen LogP contribution in [-0.4, -0.2) is 63.3 Å². The Balaban J connectivity index is 1.82. The van der Waals surface area contributed by atoms with Crippen molar-refractivity contribution in [2.75, 3.05) is 52.3 Å². The number of aliphatic imine (C=N–C) groups is 1. The van der Waals surface area contributed by atoms with Crippen molar-refractivity contribution in [3.8, 4) is 0 Å². The molecular weight excluding hydrogens is 298 g/mol. The van der Waals surface area contributed by atoms with Crippen molar-refractivity contribution in [3.05, 3.63) is 11.1 Å². The molecule has 0 aromatic carbocycles. The van der Waals surface area contributed by atoms with Crippen molar-refractivity contribution in [2.45, 2.75) is 19.9 Å². The number of aromatic nitrogens is 1. The molecule has 0 bridgehead atoms. The van der Waals surface area contributed by atoms with Crippen molar-refractivity contribution in [1.82, 2.24) is 15.2 Å². The zero-order chi connectivity index (χ0) is 15.9. The van der Waals surface area contributed by atoms with Gasteiger partial charge in [-0.3, -0.25) is 4.99 Å². The number of hydrogen-bond donors (Lipinski definition) is 1. The Morgan fingerprint density at radius 3 is 3.05 bits per heavy atom. The Kier molecular flexibility index (Phi) is 6.45. The molecule has 0 amide bonds. The van der Waals surface area contributed by atoms with E-state index < -0.39 is 0 Å². The van der Waals surface area contributed by atoms with E-state index in [9.17, 15) is 0 Å². The van der Waals surface area contributed by atoms with Gasteiger partial charge in [0, 0.05) is 52.1 Å². The van der Waals surface area contributed by atoms with Crippen LogP contribution in [0.3, 0.4) is 0 Å². The minimum atomic E-state index is 0.609. The van der Waals surface area contributed by atoms with Gasteiger partial charge in [-0.05, 0) is 13.3 Å². The monoisotopic (exact) mass is 325 g/mol. The van der Waals surface area contributed by atoms with E-state index in [2.05, 4.69) is 25.6 Å². The summed E-state index contributed by atoms with van der Waals surface area (Å²) in [6.45, 7) is 6.45. The summed E-state index contributed by atoms with van der Waals surface area (Å²) in [6.07, 6.45) is 1.17. The molecule has 1 aromatic heterocycles. The van der Waals surface area contributed by atoms with Gasteiger partial charge in [-0.1, -0.05) is 0 Å². The van der Waals surface area contributed by atoms with Crippen molar-refractivity contribution < 1.29 is 4.74 Å². The zero-order valence-corrected chi connectivity index (χ0v) is 14.8. The number of thiazole rings is 1. The highest BCUT2D eigenvalue weighted by Crippen LogP contribution is 2.19. The molecule has 0 radical (unpaired) electrons. The van der Waals surface area contributed by atoms with Gasteiger partial charge < -0.3 is 19.9 Å². The Morgan fingerprint density at radius 1 is 1.59 bits per heavy atom. The van der Waals surface area contributed by atoms with E-state index in [4.69, 9.17) is 4.74 Å². The molecule has 2 heterocycles. The van der Waals surface area contributed by atoms with Crippen molar-refractivity contribution in [2.24, 2.45) is 10.9 Å². The molecule has 1 saturated heterocycles. The van der Waals surface area contributed by atoms with Gasteiger partial charge in [0.15, 0.2) is 11.1 Å². The van der Waals surface area contributed by atoms with Gasteiger partial charge in [-0.2, -0.15) is 0 Å². The Hall–Kier alpha value is -1.34. The lowest BCUT2D eigenvalue weighted by atomic mass is 10.1. The van der Waals surface area contributed by atoms with E-state index in [-0.39, 0.29) is 0 Å². The maximum Gasteiger partial charge on any atom is 0.193 e. The third kappa shape index (κ3) is 4.58. The summed E-state index contributed by atoms with van der Waals surface area (Å²) in [6, 6.07) is 0. The molecule has 2 rings (SSSR count). The van der Waals surface area contributed by atoms with Gasteiger partial charge in [0.25, 0.3) is 0 Å². The van der Waals surface area contributed by atoms with Crippen LogP contribution in [0, 0.1) is 5.92 Å². The number of likely N-dealkylation sites (tertiary alicyclic amines) is 1. The Bertz CT molecular complexity index is 488. The predicted molar refractivity (Wildman–Crippen MR) is 92.8 cm³/mol. The summed E-state index contributed by atoms with van der Waals surface area (Å²) in [7, 11) is 5.86. The third-order valence-electron chi connectivity index (χ3n) is 3.70. The molecule has 1 atom stereocenters. The second-order valence-corrected chi connectivity index (χ2v) is 6.51.